The number of aromatic nitrogens is 4. The fourth-order valence-corrected chi connectivity index (χ4v) is 3.22. The number of hydrogen-bond acceptors (Lipinski definition) is 8. The van der Waals surface area contributed by atoms with E-state index in [1.165, 1.54) is 0 Å². The second-order valence-electron chi connectivity index (χ2n) is 5.18. The summed E-state index contributed by atoms with van der Waals surface area (Å²) in [4.78, 5) is 6.75. The average molecular weight is 309 g/mol. The second kappa shape index (κ2) is 6.48. The van der Waals surface area contributed by atoms with Gasteiger partial charge in [-0.3, -0.25) is 0 Å². The third-order valence-corrected chi connectivity index (χ3v) is 4.47. The minimum absolute atomic E-state index is 0.270. The first-order valence-electron chi connectivity index (χ1n) is 7.12. The molecule has 3 rings (SSSR count). The van der Waals surface area contributed by atoms with Crippen LogP contribution in [-0.4, -0.2) is 47.1 Å². The molecule has 0 amide bonds. The van der Waals surface area contributed by atoms with E-state index in [0.717, 1.165) is 47.8 Å². The SMILES string of the molecule is COCCc1noc(C2CCCN(c3nnc(C)s3)C2)n1. The van der Waals surface area contributed by atoms with Gasteiger partial charge in [0, 0.05) is 26.6 Å². The third kappa shape index (κ3) is 3.38. The predicted octanol–water partition coefficient (Wildman–Crippen LogP) is 1.80. The first kappa shape index (κ1) is 14.4. The van der Waals surface area contributed by atoms with Crippen molar-refractivity contribution in [2.75, 3.05) is 31.7 Å². The Morgan fingerprint density at radius 1 is 1.43 bits per heavy atom. The van der Waals surface area contributed by atoms with Crippen LogP contribution in [0.2, 0.25) is 0 Å². The van der Waals surface area contributed by atoms with Crippen molar-refractivity contribution in [1.82, 2.24) is 20.3 Å². The van der Waals surface area contributed by atoms with Gasteiger partial charge in [0.05, 0.1) is 12.5 Å². The maximum Gasteiger partial charge on any atom is 0.231 e. The van der Waals surface area contributed by atoms with Gasteiger partial charge in [0.1, 0.15) is 5.01 Å². The van der Waals surface area contributed by atoms with Crippen molar-refractivity contribution in [1.29, 1.82) is 0 Å². The van der Waals surface area contributed by atoms with E-state index in [2.05, 4.69) is 25.2 Å². The minimum Gasteiger partial charge on any atom is -0.384 e. The fourth-order valence-electron chi connectivity index (χ4n) is 2.49. The Morgan fingerprint density at radius 3 is 3.10 bits per heavy atom. The number of piperidine rings is 1. The Morgan fingerprint density at radius 2 is 2.33 bits per heavy atom. The Labute approximate surface area is 127 Å². The zero-order chi connectivity index (χ0) is 14.7. The van der Waals surface area contributed by atoms with Crippen LogP contribution in [0.3, 0.4) is 0 Å². The lowest BCUT2D eigenvalue weighted by Gasteiger charge is -2.30. The second-order valence-corrected chi connectivity index (χ2v) is 6.34. The standard InChI is InChI=1S/C13H19N5O2S/c1-9-15-16-13(21-9)18-6-3-4-10(8-18)12-14-11(17-20-12)5-7-19-2/h10H,3-8H2,1-2H3. The van der Waals surface area contributed by atoms with Crippen molar-refractivity contribution in [3.8, 4) is 0 Å². The number of ether oxygens (including phenoxy) is 1. The molecule has 1 fully saturated rings. The Hall–Kier alpha value is -1.54. The monoisotopic (exact) mass is 309 g/mol. The van der Waals surface area contributed by atoms with Gasteiger partial charge in [-0.1, -0.05) is 16.5 Å². The van der Waals surface area contributed by atoms with Crippen LogP contribution in [0, 0.1) is 6.92 Å². The van der Waals surface area contributed by atoms with E-state index in [9.17, 15) is 0 Å². The molecule has 0 spiro atoms. The molecule has 0 N–H and O–H groups in total. The maximum atomic E-state index is 5.41. The lowest BCUT2D eigenvalue weighted by Crippen LogP contribution is -2.34. The van der Waals surface area contributed by atoms with Crippen LogP contribution < -0.4 is 4.90 Å². The van der Waals surface area contributed by atoms with E-state index in [1.54, 1.807) is 18.4 Å². The largest absolute Gasteiger partial charge is 0.384 e. The molecular formula is C13H19N5O2S. The molecule has 1 atom stereocenters. The van der Waals surface area contributed by atoms with E-state index < -0.39 is 0 Å². The van der Waals surface area contributed by atoms with Crippen LogP contribution in [0.5, 0.6) is 0 Å². The molecule has 0 saturated carbocycles. The molecule has 1 unspecified atom stereocenters. The summed E-state index contributed by atoms with van der Waals surface area (Å²) >= 11 is 1.63. The predicted molar refractivity (Wildman–Crippen MR) is 78.7 cm³/mol. The molecule has 0 aliphatic carbocycles. The van der Waals surface area contributed by atoms with Crippen molar-refractivity contribution in [2.45, 2.75) is 32.1 Å². The number of rotatable bonds is 5. The number of anilines is 1. The molecule has 1 aliphatic rings. The number of nitrogens with zero attached hydrogens (tertiary/aromatic N) is 5. The lowest BCUT2D eigenvalue weighted by atomic mass is 9.98. The first-order valence-corrected chi connectivity index (χ1v) is 7.94. The molecule has 3 heterocycles. The summed E-state index contributed by atoms with van der Waals surface area (Å²) < 4.78 is 10.4. The Kier molecular flexibility index (Phi) is 4.45. The topological polar surface area (TPSA) is 77.2 Å². The Bertz CT molecular complexity index is 585. The van der Waals surface area contributed by atoms with E-state index >= 15 is 0 Å². The van der Waals surface area contributed by atoms with Crippen LogP contribution in [0.1, 0.15) is 35.5 Å². The molecule has 2 aromatic rings. The highest BCUT2D eigenvalue weighted by Gasteiger charge is 2.27. The molecule has 1 aliphatic heterocycles. The van der Waals surface area contributed by atoms with Gasteiger partial charge in [-0.25, -0.2) is 0 Å². The van der Waals surface area contributed by atoms with Crippen molar-refractivity contribution in [2.24, 2.45) is 0 Å². The van der Waals surface area contributed by atoms with Gasteiger partial charge in [0.25, 0.3) is 0 Å². The summed E-state index contributed by atoms with van der Waals surface area (Å²) in [7, 11) is 1.67. The van der Waals surface area contributed by atoms with Gasteiger partial charge in [0.15, 0.2) is 5.82 Å². The number of hydrogen-bond donors (Lipinski definition) is 0. The molecule has 0 radical (unpaired) electrons. The summed E-state index contributed by atoms with van der Waals surface area (Å²) in [5, 5.41) is 14.3. The molecule has 0 bridgehead atoms. The summed E-state index contributed by atoms with van der Waals surface area (Å²) in [5.74, 6) is 1.72. The molecule has 1 saturated heterocycles. The van der Waals surface area contributed by atoms with Gasteiger partial charge >= 0.3 is 0 Å². The maximum absolute atomic E-state index is 5.41. The normalized spacial score (nSPS) is 19.1. The van der Waals surface area contributed by atoms with Crippen LogP contribution in [0.4, 0.5) is 5.13 Å². The highest BCUT2D eigenvalue weighted by molar-refractivity contribution is 7.15. The van der Waals surface area contributed by atoms with Crippen LogP contribution in [0.25, 0.3) is 0 Å². The Balaban J connectivity index is 1.66. The van der Waals surface area contributed by atoms with Gasteiger partial charge in [-0.2, -0.15) is 4.98 Å². The molecule has 8 heteroatoms. The van der Waals surface area contributed by atoms with Crippen molar-refractivity contribution in [3.63, 3.8) is 0 Å². The molecule has 114 valence electrons. The summed E-state index contributed by atoms with van der Waals surface area (Å²) in [6.07, 6.45) is 2.85. The smallest absolute Gasteiger partial charge is 0.231 e. The van der Waals surface area contributed by atoms with E-state index in [4.69, 9.17) is 9.26 Å². The fraction of sp³-hybridized carbons (Fsp3) is 0.692. The highest BCUT2D eigenvalue weighted by Crippen LogP contribution is 2.30. The van der Waals surface area contributed by atoms with Crippen molar-refractivity contribution < 1.29 is 9.26 Å². The van der Waals surface area contributed by atoms with Crippen LogP contribution >= 0.6 is 11.3 Å². The van der Waals surface area contributed by atoms with Gasteiger partial charge < -0.3 is 14.2 Å². The zero-order valence-electron chi connectivity index (χ0n) is 12.3. The summed E-state index contributed by atoms with van der Waals surface area (Å²) in [6.45, 7) is 4.46. The van der Waals surface area contributed by atoms with Gasteiger partial charge in [-0.15, -0.1) is 10.2 Å². The van der Waals surface area contributed by atoms with Crippen LogP contribution in [0.15, 0.2) is 4.52 Å². The number of methoxy groups -OCH3 is 1. The number of aryl methyl sites for hydroxylation is 1. The summed E-state index contributed by atoms with van der Waals surface area (Å²) in [6, 6.07) is 0. The van der Waals surface area contributed by atoms with E-state index in [1.807, 2.05) is 6.92 Å². The molecule has 0 aromatic carbocycles. The van der Waals surface area contributed by atoms with Crippen molar-refractivity contribution >= 4 is 16.5 Å². The van der Waals surface area contributed by atoms with E-state index in [-0.39, 0.29) is 5.92 Å². The van der Waals surface area contributed by atoms with Gasteiger partial charge in [0.2, 0.25) is 11.0 Å². The zero-order valence-corrected chi connectivity index (χ0v) is 13.1. The third-order valence-electron chi connectivity index (χ3n) is 3.57. The molecule has 21 heavy (non-hydrogen) atoms. The van der Waals surface area contributed by atoms with Crippen molar-refractivity contribution in [3.05, 3.63) is 16.7 Å². The molecule has 7 nitrogen and oxygen atoms in total. The minimum atomic E-state index is 0.270. The average Bonchev–Trinajstić information content (AvgIpc) is 3.14. The molecule has 2 aromatic heterocycles. The molecular weight excluding hydrogens is 290 g/mol. The highest BCUT2D eigenvalue weighted by atomic mass is 32.1. The summed E-state index contributed by atoms with van der Waals surface area (Å²) in [5.41, 5.74) is 0. The quantitative estimate of drug-likeness (QED) is 0.833. The van der Waals surface area contributed by atoms with Crippen LogP contribution in [-0.2, 0) is 11.2 Å². The van der Waals surface area contributed by atoms with E-state index in [0.29, 0.717) is 13.0 Å². The lowest BCUT2D eigenvalue weighted by molar-refractivity contribution is 0.199. The first-order chi connectivity index (χ1) is 10.3. The van der Waals surface area contributed by atoms with Gasteiger partial charge in [-0.05, 0) is 19.8 Å².